The summed E-state index contributed by atoms with van der Waals surface area (Å²) in [7, 11) is 0. The summed E-state index contributed by atoms with van der Waals surface area (Å²) in [4.78, 5) is 0. The van der Waals surface area contributed by atoms with Crippen LogP contribution in [0.15, 0.2) is 103 Å². The lowest BCUT2D eigenvalue weighted by molar-refractivity contribution is 0.743. The second-order valence-corrected chi connectivity index (χ2v) is 7.72. The normalized spacial score (nSPS) is 11.4. The zero-order chi connectivity index (χ0) is 19.6. The molecule has 0 heteroatoms. The molecule has 0 amide bonds. The smallest absolute Gasteiger partial charge is 0.0622 e. The Labute approximate surface area is 168 Å². The highest BCUT2D eigenvalue weighted by Crippen LogP contribution is 2.45. The molecule has 0 radical (unpaired) electrons. The molecule has 0 spiro atoms. The van der Waals surface area contributed by atoms with Crippen molar-refractivity contribution in [2.45, 2.75) is 26.2 Å². The van der Waals surface area contributed by atoms with Crippen LogP contribution < -0.4 is 0 Å². The fourth-order valence-corrected chi connectivity index (χ4v) is 4.17. The van der Waals surface area contributed by atoms with Gasteiger partial charge in [0.25, 0.3) is 0 Å². The van der Waals surface area contributed by atoms with E-state index < -0.39 is 0 Å². The largest absolute Gasteiger partial charge is 0.0701 e. The third-order valence-electron chi connectivity index (χ3n) is 5.63. The number of rotatable bonds is 4. The Hall–Kier alpha value is -3.12. The predicted molar refractivity (Wildman–Crippen MR) is 119 cm³/mol. The maximum Gasteiger partial charge on any atom is 0.0701 e. The minimum Gasteiger partial charge on any atom is -0.0622 e. The molecule has 0 aromatic heterocycles. The van der Waals surface area contributed by atoms with Crippen LogP contribution in [0, 0.1) is 20.8 Å². The van der Waals surface area contributed by atoms with Gasteiger partial charge in [0, 0.05) is 0 Å². The third kappa shape index (κ3) is 3.16. The van der Waals surface area contributed by atoms with E-state index in [0.717, 1.165) is 0 Å². The van der Waals surface area contributed by atoms with Crippen LogP contribution >= 0.6 is 0 Å². The molecular formula is C28H26. The molecule has 0 fully saturated rings. The number of aryl methyl sites for hydroxylation is 3. The van der Waals surface area contributed by atoms with E-state index in [1.807, 2.05) is 0 Å². The van der Waals surface area contributed by atoms with E-state index in [-0.39, 0.29) is 5.41 Å². The summed E-state index contributed by atoms with van der Waals surface area (Å²) < 4.78 is 0. The van der Waals surface area contributed by atoms with Crippen molar-refractivity contribution in [3.63, 3.8) is 0 Å². The van der Waals surface area contributed by atoms with Gasteiger partial charge in [-0.1, -0.05) is 120 Å². The minimum absolute atomic E-state index is 0.353. The summed E-state index contributed by atoms with van der Waals surface area (Å²) in [5, 5.41) is 0. The van der Waals surface area contributed by atoms with Crippen LogP contribution in [0.1, 0.15) is 38.9 Å². The molecule has 0 heterocycles. The molecule has 4 rings (SSSR count). The fraction of sp³-hybridized carbons (Fsp3) is 0.143. The van der Waals surface area contributed by atoms with Gasteiger partial charge in [-0.15, -0.1) is 0 Å². The van der Waals surface area contributed by atoms with E-state index in [0.29, 0.717) is 0 Å². The molecule has 0 aliphatic carbocycles. The van der Waals surface area contributed by atoms with E-state index in [4.69, 9.17) is 0 Å². The highest BCUT2D eigenvalue weighted by atomic mass is 14.4. The molecule has 0 atom stereocenters. The second kappa shape index (κ2) is 7.48. The van der Waals surface area contributed by atoms with Crippen LogP contribution in [-0.2, 0) is 5.41 Å². The Bertz CT molecular complexity index is 1010. The van der Waals surface area contributed by atoms with Gasteiger partial charge in [-0.3, -0.25) is 0 Å². The number of benzene rings is 4. The molecule has 0 saturated carbocycles. The van der Waals surface area contributed by atoms with Crippen LogP contribution in [-0.4, -0.2) is 0 Å². The van der Waals surface area contributed by atoms with Crippen LogP contribution in [0.3, 0.4) is 0 Å². The summed E-state index contributed by atoms with van der Waals surface area (Å²) in [6.45, 7) is 6.46. The average Bonchev–Trinajstić information content (AvgIpc) is 2.72. The molecule has 0 N–H and O–H groups in total. The average molecular weight is 363 g/mol. The molecule has 138 valence electrons. The summed E-state index contributed by atoms with van der Waals surface area (Å²) in [6.07, 6.45) is 0. The second-order valence-electron chi connectivity index (χ2n) is 7.72. The molecule has 28 heavy (non-hydrogen) atoms. The summed E-state index contributed by atoms with van der Waals surface area (Å²) in [5.41, 5.74) is 8.64. The van der Waals surface area contributed by atoms with Crippen molar-refractivity contribution in [2.75, 3.05) is 0 Å². The quantitative estimate of drug-likeness (QED) is 0.343. The van der Waals surface area contributed by atoms with Crippen LogP contribution in [0.2, 0.25) is 0 Å². The lowest BCUT2D eigenvalue weighted by Crippen LogP contribution is -2.31. The number of hydrogen-bond donors (Lipinski definition) is 0. The van der Waals surface area contributed by atoms with E-state index >= 15 is 0 Å². The standard InChI is InChI=1S/C28H26/c1-21-12-16-25(17-13-21)28(24-9-5-4-6-10-24,26-18-14-22(2)15-19-26)27-11-7-8-23(3)20-27/h4-20H,1-3H3. The van der Waals surface area contributed by atoms with Crippen molar-refractivity contribution in [1.82, 2.24) is 0 Å². The Morgan fingerprint density at radius 1 is 0.393 bits per heavy atom. The van der Waals surface area contributed by atoms with E-state index in [2.05, 4.69) is 124 Å². The predicted octanol–water partition coefficient (Wildman–Crippen LogP) is 6.99. The van der Waals surface area contributed by atoms with Crippen molar-refractivity contribution in [1.29, 1.82) is 0 Å². The van der Waals surface area contributed by atoms with Gasteiger partial charge >= 0.3 is 0 Å². The van der Waals surface area contributed by atoms with Crippen LogP contribution in [0.25, 0.3) is 0 Å². The first-order valence-corrected chi connectivity index (χ1v) is 9.87. The molecule has 0 unspecified atom stereocenters. The first kappa shape index (κ1) is 18.3. The topological polar surface area (TPSA) is 0 Å². The van der Waals surface area contributed by atoms with Gasteiger partial charge in [0.05, 0.1) is 5.41 Å². The van der Waals surface area contributed by atoms with Gasteiger partial charge < -0.3 is 0 Å². The lowest BCUT2D eigenvalue weighted by Gasteiger charge is -2.37. The lowest BCUT2D eigenvalue weighted by atomic mass is 9.65. The Morgan fingerprint density at radius 3 is 1.36 bits per heavy atom. The Morgan fingerprint density at radius 2 is 0.857 bits per heavy atom. The van der Waals surface area contributed by atoms with Gasteiger partial charge in [0.1, 0.15) is 0 Å². The van der Waals surface area contributed by atoms with Crippen molar-refractivity contribution in [3.8, 4) is 0 Å². The molecule has 0 nitrogen and oxygen atoms in total. The maximum atomic E-state index is 2.33. The monoisotopic (exact) mass is 362 g/mol. The van der Waals surface area contributed by atoms with Gasteiger partial charge in [-0.05, 0) is 43.0 Å². The molecular weight excluding hydrogens is 336 g/mol. The number of hydrogen-bond acceptors (Lipinski definition) is 0. The molecule has 4 aromatic carbocycles. The fourth-order valence-electron chi connectivity index (χ4n) is 4.17. The van der Waals surface area contributed by atoms with Gasteiger partial charge in [-0.25, -0.2) is 0 Å². The van der Waals surface area contributed by atoms with Gasteiger partial charge in [0.2, 0.25) is 0 Å². The highest BCUT2D eigenvalue weighted by molar-refractivity contribution is 5.60. The minimum atomic E-state index is -0.353. The zero-order valence-electron chi connectivity index (χ0n) is 16.8. The van der Waals surface area contributed by atoms with Crippen LogP contribution in [0.5, 0.6) is 0 Å². The van der Waals surface area contributed by atoms with E-state index in [9.17, 15) is 0 Å². The van der Waals surface area contributed by atoms with E-state index in [1.165, 1.54) is 38.9 Å². The summed E-state index contributed by atoms with van der Waals surface area (Å²) >= 11 is 0. The summed E-state index contributed by atoms with van der Waals surface area (Å²) in [6, 6.07) is 37.8. The molecule has 0 aliphatic rings. The van der Waals surface area contributed by atoms with Crippen molar-refractivity contribution in [2.24, 2.45) is 0 Å². The van der Waals surface area contributed by atoms with Crippen molar-refractivity contribution in [3.05, 3.63) is 142 Å². The zero-order valence-corrected chi connectivity index (χ0v) is 16.8. The third-order valence-corrected chi connectivity index (χ3v) is 5.63. The Balaban J connectivity index is 2.13. The maximum absolute atomic E-state index is 2.33. The first-order chi connectivity index (χ1) is 13.6. The molecule has 0 saturated heterocycles. The molecule has 0 aliphatic heterocycles. The van der Waals surface area contributed by atoms with Crippen molar-refractivity contribution < 1.29 is 0 Å². The molecule has 0 bridgehead atoms. The van der Waals surface area contributed by atoms with Gasteiger partial charge in [-0.2, -0.15) is 0 Å². The first-order valence-electron chi connectivity index (χ1n) is 9.87. The van der Waals surface area contributed by atoms with Gasteiger partial charge in [0.15, 0.2) is 0 Å². The van der Waals surface area contributed by atoms with Crippen molar-refractivity contribution >= 4 is 0 Å². The SMILES string of the molecule is Cc1ccc(C(c2ccccc2)(c2ccc(C)cc2)c2cccc(C)c2)cc1. The van der Waals surface area contributed by atoms with E-state index in [1.54, 1.807) is 0 Å². The Kier molecular flexibility index (Phi) is 4.88. The van der Waals surface area contributed by atoms with Crippen LogP contribution in [0.4, 0.5) is 0 Å². The highest BCUT2D eigenvalue weighted by Gasteiger charge is 2.38. The molecule has 4 aromatic rings. The summed E-state index contributed by atoms with van der Waals surface area (Å²) in [5.74, 6) is 0.